The number of aromatic hydroxyl groups is 1. The Morgan fingerprint density at radius 1 is 1.27 bits per heavy atom. The van der Waals surface area contributed by atoms with E-state index < -0.39 is 12.0 Å². The van der Waals surface area contributed by atoms with E-state index in [9.17, 15) is 14.7 Å². The van der Waals surface area contributed by atoms with E-state index in [1.807, 2.05) is 34.6 Å². The number of nitrogens with zero attached hydrogens (tertiary/aromatic N) is 2. The van der Waals surface area contributed by atoms with Crippen LogP contribution in [0.25, 0.3) is 0 Å². The van der Waals surface area contributed by atoms with Crippen molar-refractivity contribution in [2.24, 2.45) is 4.99 Å². The fourth-order valence-corrected chi connectivity index (χ4v) is 3.90. The molecule has 37 heavy (non-hydrogen) atoms. The quantitative estimate of drug-likeness (QED) is 0.367. The molecule has 1 aliphatic rings. The van der Waals surface area contributed by atoms with Gasteiger partial charge in [0.05, 0.1) is 18.2 Å². The molecule has 2 amide bonds. The molecule has 0 radical (unpaired) electrons. The molecule has 2 atom stereocenters. The number of hydrogen-bond donors (Lipinski definition) is 4. The summed E-state index contributed by atoms with van der Waals surface area (Å²) in [5, 5.41) is 23.0. The molecule has 0 spiro atoms. The first kappa shape index (κ1) is 27.8. The van der Waals surface area contributed by atoms with Gasteiger partial charge in [0.2, 0.25) is 0 Å². The number of rotatable bonds is 9. The van der Waals surface area contributed by atoms with Crippen LogP contribution in [0.5, 0.6) is 17.2 Å². The first-order chi connectivity index (χ1) is 17.4. The van der Waals surface area contributed by atoms with Crippen molar-refractivity contribution in [3.63, 3.8) is 0 Å². The number of phenolic OH excluding ortho intramolecular Hbond substituents is 1. The van der Waals surface area contributed by atoms with E-state index in [2.05, 4.69) is 25.8 Å². The normalized spacial score (nSPS) is 17.7. The summed E-state index contributed by atoms with van der Waals surface area (Å²) < 4.78 is 16.4. The van der Waals surface area contributed by atoms with Crippen molar-refractivity contribution in [3.05, 3.63) is 29.5 Å². The number of carbonyl (C=O) groups excluding carboxylic acids is 2. The first-order valence-corrected chi connectivity index (χ1v) is 12.3. The van der Waals surface area contributed by atoms with Crippen LogP contribution >= 0.6 is 0 Å². The van der Waals surface area contributed by atoms with Crippen LogP contribution in [0, 0.1) is 0 Å². The summed E-state index contributed by atoms with van der Waals surface area (Å²) in [5.41, 5.74) is 0.862. The summed E-state index contributed by atoms with van der Waals surface area (Å²) in [4.78, 5) is 28.8. The highest BCUT2D eigenvalue weighted by Crippen LogP contribution is 2.36. The summed E-state index contributed by atoms with van der Waals surface area (Å²) in [5.74, 6) is 0.681. The van der Waals surface area contributed by atoms with Gasteiger partial charge in [-0.15, -0.1) is 0 Å². The third kappa shape index (κ3) is 8.40. The van der Waals surface area contributed by atoms with Crippen molar-refractivity contribution >= 4 is 24.0 Å². The second kappa shape index (κ2) is 12.0. The first-order valence-electron chi connectivity index (χ1n) is 12.3. The van der Waals surface area contributed by atoms with Gasteiger partial charge in [-0.2, -0.15) is 5.10 Å². The molecule has 1 aromatic carbocycles. The Balaban J connectivity index is 1.57. The van der Waals surface area contributed by atoms with E-state index in [0.717, 1.165) is 18.5 Å². The average Bonchev–Trinajstić information content (AvgIpc) is 3.44. The summed E-state index contributed by atoms with van der Waals surface area (Å²) >= 11 is 0. The van der Waals surface area contributed by atoms with Crippen molar-refractivity contribution in [1.82, 2.24) is 15.5 Å². The number of H-pyrrole nitrogens is 1. The Morgan fingerprint density at radius 3 is 2.70 bits per heavy atom. The minimum absolute atomic E-state index is 0.0188. The van der Waals surface area contributed by atoms with Crippen LogP contribution in [0.15, 0.2) is 23.2 Å². The van der Waals surface area contributed by atoms with Crippen LogP contribution in [0.1, 0.15) is 71.1 Å². The molecule has 1 saturated carbocycles. The second-order valence-corrected chi connectivity index (χ2v) is 10.4. The predicted molar refractivity (Wildman–Crippen MR) is 140 cm³/mol. The van der Waals surface area contributed by atoms with Gasteiger partial charge < -0.3 is 30.0 Å². The molecule has 0 saturated heterocycles. The summed E-state index contributed by atoms with van der Waals surface area (Å²) in [7, 11) is 1.47. The van der Waals surface area contributed by atoms with Crippen LogP contribution in [0.2, 0.25) is 0 Å². The van der Waals surface area contributed by atoms with Gasteiger partial charge in [-0.25, -0.2) is 4.79 Å². The maximum absolute atomic E-state index is 12.6. The lowest BCUT2D eigenvalue weighted by molar-refractivity contribution is -0.118. The van der Waals surface area contributed by atoms with Gasteiger partial charge in [0, 0.05) is 42.1 Å². The number of benzene rings is 1. The molecule has 1 aliphatic carbocycles. The Bertz CT molecular complexity index is 1120. The fraction of sp³-hybridized carbons (Fsp3) is 0.538. The van der Waals surface area contributed by atoms with Gasteiger partial charge in [0.1, 0.15) is 23.4 Å². The maximum atomic E-state index is 12.6. The van der Waals surface area contributed by atoms with Crippen LogP contribution in [-0.4, -0.2) is 64.9 Å². The number of carbonyl (C=O) groups is 2. The molecule has 0 aliphatic heterocycles. The molecule has 11 nitrogen and oxygen atoms in total. The number of aromatic nitrogens is 2. The summed E-state index contributed by atoms with van der Waals surface area (Å²) in [6.45, 7) is 9.24. The van der Waals surface area contributed by atoms with Gasteiger partial charge >= 0.3 is 6.09 Å². The highest BCUT2D eigenvalue weighted by atomic mass is 16.6. The number of hydrogen-bond acceptors (Lipinski definition) is 8. The standard InChI is InChI=1S/C26H37N5O6/c1-15(2)28-25(34)37-17-8-7-16(9-17)20-12-23(31-30-20)29-24(33)14-36-22-11-18(35-6)10-21(32)19(22)13-27-26(3,4)5/h10-13,15-17,32H,7-9,14H2,1-6H3,(H,28,34)(H2,29,30,31,33)/b27-13+/t16-,17+/m0/s1. The van der Waals surface area contributed by atoms with Crippen LogP contribution < -0.4 is 20.1 Å². The Hall–Kier alpha value is -3.76. The molecule has 0 bridgehead atoms. The smallest absolute Gasteiger partial charge is 0.407 e. The zero-order valence-electron chi connectivity index (χ0n) is 22.3. The average molecular weight is 516 g/mol. The van der Waals surface area contributed by atoms with Gasteiger partial charge in [-0.3, -0.25) is 14.9 Å². The maximum Gasteiger partial charge on any atom is 0.407 e. The van der Waals surface area contributed by atoms with E-state index in [-0.39, 0.29) is 41.7 Å². The molecule has 0 unspecified atom stereocenters. The van der Waals surface area contributed by atoms with E-state index >= 15 is 0 Å². The van der Waals surface area contributed by atoms with Crippen molar-refractivity contribution < 1.29 is 28.9 Å². The van der Waals surface area contributed by atoms with E-state index in [0.29, 0.717) is 23.6 Å². The van der Waals surface area contributed by atoms with Gasteiger partial charge in [0.15, 0.2) is 12.4 Å². The largest absolute Gasteiger partial charge is 0.507 e. The number of methoxy groups -OCH3 is 1. The number of ether oxygens (including phenoxy) is 3. The van der Waals surface area contributed by atoms with Gasteiger partial charge in [0.25, 0.3) is 5.91 Å². The molecular weight excluding hydrogens is 478 g/mol. The Morgan fingerprint density at radius 2 is 2.03 bits per heavy atom. The monoisotopic (exact) mass is 515 g/mol. The molecule has 11 heteroatoms. The van der Waals surface area contributed by atoms with Crippen molar-refractivity contribution in [2.75, 3.05) is 19.0 Å². The van der Waals surface area contributed by atoms with E-state index in [1.165, 1.54) is 19.4 Å². The van der Waals surface area contributed by atoms with Crippen molar-refractivity contribution in [3.8, 4) is 17.2 Å². The SMILES string of the molecule is COc1cc(O)c(/C=N/C(C)(C)C)c(OCC(=O)Nc2cc([C@H]3CC[C@@H](OC(=O)NC(C)C)C3)[nH]n2)c1. The molecule has 4 N–H and O–H groups in total. The third-order valence-corrected chi connectivity index (χ3v) is 5.64. The molecule has 3 rings (SSSR count). The molecular formula is C26H37N5O6. The Kier molecular flexibility index (Phi) is 9.01. The number of aliphatic imine (C=N–C) groups is 1. The number of amides is 2. The van der Waals surface area contributed by atoms with Crippen LogP contribution in [0.4, 0.5) is 10.6 Å². The zero-order valence-corrected chi connectivity index (χ0v) is 22.3. The Labute approximate surface area is 217 Å². The summed E-state index contributed by atoms with van der Waals surface area (Å²) in [6, 6.07) is 4.84. The predicted octanol–water partition coefficient (Wildman–Crippen LogP) is 4.13. The van der Waals surface area contributed by atoms with Crippen molar-refractivity contribution in [1.29, 1.82) is 0 Å². The van der Waals surface area contributed by atoms with E-state index in [1.54, 1.807) is 12.1 Å². The molecule has 1 aromatic heterocycles. The topological polar surface area (TPSA) is 147 Å². The molecule has 1 fully saturated rings. The lowest BCUT2D eigenvalue weighted by Gasteiger charge is -2.15. The third-order valence-electron chi connectivity index (χ3n) is 5.64. The number of anilines is 1. The van der Waals surface area contributed by atoms with Crippen LogP contribution in [-0.2, 0) is 9.53 Å². The number of alkyl carbamates (subject to hydrolysis) is 1. The van der Waals surface area contributed by atoms with Gasteiger partial charge in [-0.05, 0) is 53.9 Å². The van der Waals surface area contributed by atoms with Crippen molar-refractivity contribution in [2.45, 2.75) is 77.5 Å². The second-order valence-electron chi connectivity index (χ2n) is 10.4. The highest BCUT2D eigenvalue weighted by molar-refractivity contribution is 5.92. The minimum Gasteiger partial charge on any atom is -0.507 e. The number of phenols is 1. The lowest BCUT2D eigenvalue weighted by atomic mass is 10.0. The fourth-order valence-electron chi connectivity index (χ4n) is 3.90. The zero-order chi connectivity index (χ0) is 27.2. The highest BCUT2D eigenvalue weighted by Gasteiger charge is 2.30. The molecule has 202 valence electrons. The lowest BCUT2D eigenvalue weighted by Crippen LogP contribution is -2.33. The molecule has 2 aromatic rings. The summed E-state index contributed by atoms with van der Waals surface area (Å²) in [6.07, 6.45) is 3.24. The van der Waals surface area contributed by atoms with Crippen LogP contribution in [0.3, 0.4) is 0 Å². The molecule has 1 heterocycles. The number of aromatic amines is 1. The van der Waals surface area contributed by atoms with E-state index in [4.69, 9.17) is 14.2 Å². The van der Waals surface area contributed by atoms with Gasteiger partial charge in [-0.1, -0.05) is 0 Å². The number of nitrogens with one attached hydrogen (secondary N) is 3. The minimum atomic E-state index is -0.419.